The fourth-order valence-electron chi connectivity index (χ4n) is 10.1. The molecule has 2 atom stereocenters. The van der Waals surface area contributed by atoms with Gasteiger partial charge in [0.15, 0.2) is 6.10 Å². The molecule has 0 aromatic heterocycles. The summed E-state index contributed by atoms with van der Waals surface area (Å²) in [6.07, 6.45) is 91.2. The maximum Gasteiger partial charge on any atom is 0.472 e. The zero-order chi connectivity index (χ0) is 60.1. The van der Waals surface area contributed by atoms with E-state index in [0.717, 1.165) is 83.5 Å². The molecule has 0 bridgehead atoms. The summed E-state index contributed by atoms with van der Waals surface area (Å²) in [4.78, 5) is 35.3. The number of nitrogens with two attached hydrogens (primary N) is 1. The molecule has 0 aromatic rings. The summed E-state index contributed by atoms with van der Waals surface area (Å²) in [5, 5.41) is 0. The van der Waals surface area contributed by atoms with Gasteiger partial charge in [0.05, 0.1) is 13.2 Å². The van der Waals surface area contributed by atoms with Crippen LogP contribution in [0.5, 0.6) is 0 Å². The normalized spacial score (nSPS) is 13.4. The molecule has 0 rings (SSSR count). The van der Waals surface area contributed by atoms with E-state index in [1.165, 1.54) is 218 Å². The predicted octanol–water partition coefficient (Wildman–Crippen LogP) is 23.0. The topological polar surface area (TPSA) is 134 Å². The second kappa shape index (κ2) is 68.3. The van der Waals surface area contributed by atoms with Crippen LogP contribution in [-0.2, 0) is 32.7 Å². The fraction of sp³-hybridized carbons (Fsp3) is 0.781. The van der Waals surface area contributed by atoms with Crippen molar-refractivity contribution in [3.63, 3.8) is 0 Å². The van der Waals surface area contributed by atoms with E-state index in [1.807, 2.05) is 0 Å². The lowest BCUT2D eigenvalue weighted by atomic mass is 10.0. The number of hydrogen-bond donors (Lipinski definition) is 2. The largest absolute Gasteiger partial charge is 0.472 e. The zero-order valence-corrected chi connectivity index (χ0v) is 55.1. The van der Waals surface area contributed by atoms with E-state index < -0.39 is 26.5 Å². The van der Waals surface area contributed by atoms with Gasteiger partial charge >= 0.3 is 19.8 Å². The first-order valence-electron chi connectivity index (χ1n) is 35.1. The molecule has 0 aliphatic carbocycles. The van der Waals surface area contributed by atoms with Crippen LogP contribution < -0.4 is 5.73 Å². The first-order valence-corrected chi connectivity index (χ1v) is 36.6. The maximum absolute atomic E-state index is 12.8. The van der Waals surface area contributed by atoms with E-state index in [2.05, 4.69) is 98.9 Å². The lowest BCUT2D eigenvalue weighted by molar-refractivity contribution is -0.161. The number of carbonyl (C=O) groups excluding carboxylic acids is 2. The number of hydrogen-bond acceptors (Lipinski definition) is 8. The molecule has 482 valence electrons. The van der Waals surface area contributed by atoms with Gasteiger partial charge in [0.2, 0.25) is 0 Å². The van der Waals surface area contributed by atoms with Crippen LogP contribution in [0.15, 0.2) is 85.1 Å². The van der Waals surface area contributed by atoms with Gasteiger partial charge in [0.1, 0.15) is 6.61 Å². The molecular weight excluding hydrogens is 1050 g/mol. The summed E-state index contributed by atoms with van der Waals surface area (Å²) in [6, 6.07) is 0. The monoisotopic (exact) mass is 1180 g/mol. The van der Waals surface area contributed by atoms with Gasteiger partial charge in [0, 0.05) is 19.4 Å². The molecule has 0 aliphatic rings. The molecule has 0 spiro atoms. The molecule has 0 heterocycles. The second-order valence-electron chi connectivity index (χ2n) is 23.4. The highest BCUT2D eigenvalue weighted by molar-refractivity contribution is 7.47. The number of rotatable bonds is 66. The number of carbonyl (C=O) groups is 2. The van der Waals surface area contributed by atoms with E-state index in [0.29, 0.717) is 6.42 Å². The lowest BCUT2D eigenvalue weighted by Gasteiger charge is -2.19. The second-order valence-corrected chi connectivity index (χ2v) is 24.8. The molecule has 0 aliphatic heterocycles. The number of phosphoric ester groups is 1. The Morgan fingerprint density at radius 1 is 0.373 bits per heavy atom. The van der Waals surface area contributed by atoms with Gasteiger partial charge in [-0.15, -0.1) is 0 Å². The smallest absolute Gasteiger partial charge is 0.462 e. The number of phosphoric acid groups is 1. The number of ether oxygens (including phenoxy) is 2. The van der Waals surface area contributed by atoms with Crippen molar-refractivity contribution in [2.24, 2.45) is 5.73 Å². The fourth-order valence-corrected chi connectivity index (χ4v) is 10.9. The molecule has 0 amide bonds. The average molecular weight is 1180 g/mol. The van der Waals surface area contributed by atoms with Crippen molar-refractivity contribution in [3.05, 3.63) is 85.1 Å². The van der Waals surface area contributed by atoms with Crippen molar-refractivity contribution in [3.8, 4) is 0 Å². The molecule has 3 N–H and O–H groups in total. The molecule has 0 saturated heterocycles. The summed E-state index contributed by atoms with van der Waals surface area (Å²) in [6.45, 7) is 3.64. The van der Waals surface area contributed by atoms with Crippen molar-refractivity contribution in [2.45, 2.75) is 341 Å². The highest BCUT2D eigenvalue weighted by Gasteiger charge is 2.26. The first-order chi connectivity index (χ1) is 40.8. The maximum atomic E-state index is 12.8. The van der Waals surface area contributed by atoms with E-state index in [1.54, 1.807) is 0 Å². The summed E-state index contributed by atoms with van der Waals surface area (Å²) >= 11 is 0. The molecule has 2 unspecified atom stereocenters. The first kappa shape index (κ1) is 80.2. The van der Waals surface area contributed by atoms with E-state index >= 15 is 0 Å². The van der Waals surface area contributed by atoms with Crippen LogP contribution in [0.2, 0.25) is 0 Å². The number of allylic oxidation sites excluding steroid dienone is 14. The minimum Gasteiger partial charge on any atom is -0.462 e. The summed E-state index contributed by atoms with van der Waals surface area (Å²) in [5.41, 5.74) is 5.40. The standard InChI is InChI=1S/C73H132NO8P/c1-3-5-7-9-11-13-15-17-19-21-23-25-26-27-28-29-30-31-32-33-34-35-36-37-38-39-40-41-42-43-44-46-48-50-52-54-56-58-60-62-64-66-73(76)82-71(70-81-83(77,78)80-68-67-74)69-79-72(75)65-63-61-59-57-55-53-51-49-47-45-24-22-20-18-16-14-12-10-8-6-4-2/h5,7,11,13,16-19,22-25,47,49,71H,3-4,6,8-10,12,14-15,20-21,26-46,48,50-70,74H2,1-2H3,(H,77,78)/b7-5-,13-11-,18-16-,19-17-,24-22-,25-23-,49-47-. The van der Waals surface area contributed by atoms with Crippen molar-refractivity contribution < 1.29 is 37.6 Å². The minimum absolute atomic E-state index is 0.0507. The number of unbranched alkanes of at least 4 members (excludes halogenated alkanes) is 39. The highest BCUT2D eigenvalue weighted by Crippen LogP contribution is 2.43. The van der Waals surface area contributed by atoms with Gasteiger partial charge < -0.3 is 20.1 Å². The molecular formula is C73H132NO8P. The Hall–Kier alpha value is -2.81. The van der Waals surface area contributed by atoms with E-state index in [4.69, 9.17) is 24.3 Å². The lowest BCUT2D eigenvalue weighted by Crippen LogP contribution is -2.29. The van der Waals surface area contributed by atoms with Crippen LogP contribution in [0.25, 0.3) is 0 Å². The van der Waals surface area contributed by atoms with Gasteiger partial charge in [-0.1, -0.05) is 317 Å². The predicted molar refractivity (Wildman–Crippen MR) is 358 cm³/mol. The van der Waals surface area contributed by atoms with Crippen molar-refractivity contribution >= 4 is 19.8 Å². The molecule has 10 heteroatoms. The van der Waals surface area contributed by atoms with Crippen molar-refractivity contribution in [1.29, 1.82) is 0 Å². The Morgan fingerprint density at radius 3 is 0.988 bits per heavy atom. The van der Waals surface area contributed by atoms with Crippen LogP contribution in [0.3, 0.4) is 0 Å². The van der Waals surface area contributed by atoms with Gasteiger partial charge in [0.25, 0.3) is 0 Å². The molecule has 0 saturated carbocycles. The van der Waals surface area contributed by atoms with Gasteiger partial charge in [-0.3, -0.25) is 18.6 Å². The van der Waals surface area contributed by atoms with Gasteiger partial charge in [-0.05, 0) is 89.9 Å². The summed E-state index contributed by atoms with van der Waals surface area (Å²) in [5.74, 6) is -0.830. The van der Waals surface area contributed by atoms with Crippen molar-refractivity contribution in [1.82, 2.24) is 0 Å². The molecule has 0 fully saturated rings. The Labute approximate surface area is 513 Å². The van der Waals surface area contributed by atoms with Crippen molar-refractivity contribution in [2.75, 3.05) is 26.4 Å². The van der Waals surface area contributed by atoms with Crippen LogP contribution in [0, 0.1) is 0 Å². The van der Waals surface area contributed by atoms with Crippen LogP contribution in [0.1, 0.15) is 335 Å². The van der Waals surface area contributed by atoms with Crippen LogP contribution >= 0.6 is 7.82 Å². The minimum atomic E-state index is -4.40. The number of esters is 2. The molecule has 0 aromatic carbocycles. The average Bonchev–Trinajstić information content (AvgIpc) is 3.49. The van der Waals surface area contributed by atoms with Gasteiger partial charge in [-0.25, -0.2) is 4.57 Å². The van der Waals surface area contributed by atoms with Gasteiger partial charge in [-0.2, -0.15) is 0 Å². The Bertz CT molecular complexity index is 1640. The molecule has 9 nitrogen and oxygen atoms in total. The van der Waals surface area contributed by atoms with E-state index in [9.17, 15) is 19.0 Å². The Balaban J connectivity index is 3.79. The third-order valence-corrected chi connectivity index (χ3v) is 16.2. The Kier molecular flexibility index (Phi) is 66.0. The van der Waals surface area contributed by atoms with E-state index in [-0.39, 0.29) is 38.6 Å². The third kappa shape index (κ3) is 68.2. The van der Waals surface area contributed by atoms with Crippen LogP contribution in [-0.4, -0.2) is 49.3 Å². The highest BCUT2D eigenvalue weighted by atomic mass is 31.2. The summed E-state index contributed by atoms with van der Waals surface area (Å²) < 4.78 is 33.1. The van der Waals surface area contributed by atoms with Crippen LogP contribution in [0.4, 0.5) is 0 Å². The summed E-state index contributed by atoms with van der Waals surface area (Å²) in [7, 11) is -4.40. The SMILES string of the molecule is CC/C=C\C/C=C\C/C=C\C/C=C\CCCCCCCCCCCCCCCCCCCCCCCCCCCCCCC(=O)OC(COC(=O)CCCCCCCC/C=C\C/C=C\C/C=C\CCCCCCC)COP(=O)(O)OCCN. The third-order valence-electron chi connectivity index (χ3n) is 15.3. The molecule has 83 heavy (non-hydrogen) atoms. The Morgan fingerprint density at radius 2 is 0.663 bits per heavy atom. The zero-order valence-electron chi connectivity index (χ0n) is 54.2. The molecule has 0 radical (unpaired) electrons. The quantitative estimate of drug-likeness (QED) is 0.0264.